The second kappa shape index (κ2) is 6.43. The van der Waals surface area contributed by atoms with E-state index in [-0.39, 0.29) is 17.4 Å². The molecule has 2 aromatic rings. The number of allylic oxidation sites excluding steroid dienone is 1. The van der Waals surface area contributed by atoms with Crippen LogP contribution in [0.3, 0.4) is 0 Å². The fourth-order valence-electron chi connectivity index (χ4n) is 3.26. The van der Waals surface area contributed by atoms with Crippen LogP contribution < -0.4 is 0 Å². The predicted octanol–water partition coefficient (Wildman–Crippen LogP) is 3.48. The lowest BCUT2D eigenvalue weighted by atomic mass is 9.98. The van der Waals surface area contributed by atoms with E-state index in [4.69, 9.17) is 0 Å². The Balaban J connectivity index is 1.93. The van der Waals surface area contributed by atoms with Gasteiger partial charge in [0, 0.05) is 6.54 Å². The topological polar surface area (TPSA) is 75.9 Å². The maximum atomic E-state index is 10.7. The second-order valence-electron chi connectivity index (χ2n) is 6.39. The summed E-state index contributed by atoms with van der Waals surface area (Å²) < 4.78 is 0. The molecular weight excluding hydrogens is 288 g/mol. The lowest BCUT2D eigenvalue weighted by Gasteiger charge is -2.35. The molecule has 23 heavy (non-hydrogen) atoms. The molecule has 3 rings (SSSR count). The minimum atomic E-state index is -0.180. The summed E-state index contributed by atoms with van der Waals surface area (Å²) in [6, 6.07) is 9.55. The third-order valence-electron chi connectivity index (χ3n) is 4.63. The van der Waals surface area contributed by atoms with Crippen molar-refractivity contribution in [3.63, 3.8) is 0 Å². The number of aliphatic hydroxyl groups excluding tert-OH is 1. The number of nitriles is 1. The van der Waals surface area contributed by atoms with Gasteiger partial charge in [0.15, 0.2) is 5.82 Å². The molecule has 0 aliphatic carbocycles. The number of H-pyrrole nitrogens is 1. The molecule has 0 spiro atoms. The molecule has 0 amide bonds. The Bertz CT molecular complexity index is 738. The largest absolute Gasteiger partial charge is 0.509 e. The van der Waals surface area contributed by atoms with Crippen molar-refractivity contribution in [1.29, 1.82) is 5.26 Å². The number of hydrogen-bond donors (Lipinski definition) is 2. The maximum absolute atomic E-state index is 10.7. The number of aromatic amines is 1. The average molecular weight is 310 g/mol. The molecule has 1 aromatic heterocycles. The summed E-state index contributed by atoms with van der Waals surface area (Å²) in [7, 11) is 0. The minimum Gasteiger partial charge on any atom is -0.509 e. The van der Waals surface area contributed by atoms with E-state index < -0.39 is 0 Å². The number of nitrogens with zero attached hydrogens (tertiary/aromatic N) is 3. The van der Waals surface area contributed by atoms with Crippen molar-refractivity contribution in [2.75, 3.05) is 13.1 Å². The highest BCUT2D eigenvalue weighted by Crippen LogP contribution is 2.25. The number of piperidine rings is 1. The van der Waals surface area contributed by atoms with Crippen molar-refractivity contribution < 1.29 is 5.11 Å². The third kappa shape index (κ3) is 3.08. The number of imidazole rings is 1. The molecule has 0 unspecified atom stereocenters. The number of rotatable bonds is 3. The highest BCUT2D eigenvalue weighted by atomic mass is 16.3. The molecule has 2 N–H and O–H groups in total. The van der Waals surface area contributed by atoms with Crippen molar-refractivity contribution in [3.05, 3.63) is 35.8 Å². The maximum Gasteiger partial charge on any atom is 0.152 e. The fourth-order valence-corrected chi connectivity index (χ4v) is 3.26. The molecule has 120 valence electrons. The van der Waals surface area contributed by atoms with E-state index in [0.717, 1.165) is 30.5 Å². The van der Waals surface area contributed by atoms with E-state index in [1.54, 1.807) is 0 Å². The van der Waals surface area contributed by atoms with Gasteiger partial charge in [0.1, 0.15) is 17.4 Å². The van der Waals surface area contributed by atoms with E-state index in [0.29, 0.717) is 11.7 Å². The first-order chi connectivity index (χ1) is 11.1. The number of nitrogens with one attached hydrogen (secondary N) is 1. The Morgan fingerprint density at radius 1 is 1.48 bits per heavy atom. The number of likely N-dealkylation sites (tertiary alicyclic amines) is 1. The molecule has 5 nitrogen and oxygen atoms in total. The summed E-state index contributed by atoms with van der Waals surface area (Å²) in [6.07, 6.45) is 2.35. The molecule has 5 heteroatoms. The van der Waals surface area contributed by atoms with Crippen LogP contribution in [-0.2, 0) is 0 Å². The second-order valence-corrected chi connectivity index (χ2v) is 6.39. The van der Waals surface area contributed by atoms with Crippen LogP contribution in [0, 0.1) is 17.2 Å². The first kappa shape index (κ1) is 15.6. The van der Waals surface area contributed by atoms with Crippen LogP contribution in [0.5, 0.6) is 0 Å². The fraction of sp³-hybridized carbons (Fsp3) is 0.444. The Morgan fingerprint density at radius 2 is 2.26 bits per heavy atom. The van der Waals surface area contributed by atoms with Gasteiger partial charge >= 0.3 is 0 Å². The number of benzene rings is 1. The lowest BCUT2D eigenvalue weighted by molar-refractivity contribution is 0.130. The minimum absolute atomic E-state index is 0.0978. The molecule has 0 bridgehead atoms. The van der Waals surface area contributed by atoms with Gasteiger partial charge in [0.25, 0.3) is 0 Å². The van der Waals surface area contributed by atoms with E-state index in [9.17, 15) is 10.4 Å². The molecule has 0 saturated carbocycles. The zero-order chi connectivity index (χ0) is 16.4. The number of para-hydroxylation sites is 2. The molecule has 0 radical (unpaired) electrons. The zero-order valence-electron chi connectivity index (χ0n) is 13.6. The summed E-state index contributed by atoms with van der Waals surface area (Å²) in [5, 5.41) is 20.2. The monoisotopic (exact) mass is 310 g/mol. The van der Waals surface area contributed by atoms with Crippen LogP contribution in [0.2, 0.25) is 0 Å². The molecule has 1 aromatic carbocycles. The Kier molecular flexibility index (Phi) is 4.35. The molecule has 1 aliphatic heterocycles. The van der Waals surface area contributed by atoms with Gasteiger partial charge in [0.2, 0.25) is 0 Å². The zero-order valence-corrected chi connectivity index (χ0v) is 13.6. The molecule has 1 saturated heterocycles. The van der Waals surface area contributed by atoms with E-state index >= 15 is 0 Å². The number of aromatic nitrogens is 2. The summed E-state index contributed by atoms with van der Waals surface area (Å²) in [6.45, 7) is 6.08. The number of hydrogen-bond acceptors (Lipinski definition) is 4. The van der Waals surface area contributed by atoms with Crippen LogP contribution in [0.4, 0.5) is 0 Å². The van der Waals surface area contributed by atoms with Gasteiger partial charge in [-0.3, -0.25) is 4.90 Å². The van der Waals surface area contributed by atoms with Crippen molar-refractivity contribution in [2.45, 2.75) is 32.7 Å². The Hall–Kier alpha value is -2.32. The average Bonchev–Trinajstić information content (AvgIpc) is 2.98. The summed E-state index contributed by atoms with van der Waals surface area (Å²) in [5.74, 6) is 1.15. The number of aliphatic hydroxyl groups is 1. The normalized spacial score (nSPS) is 21.7. The highest BCUT2D eigenvalue weighted by molar-refractivity contribution is 5.82. The molecule has 1 aliphatic rings. The van der Waals surface area contributed by atoms with Crippen molar-refractivity contribution >= 4 is 16.6 Å². The smallest absolute Gasteiger partial charge is 0.152 e. The van der Waals surface area contributed by atoms with Gasteiger partial charge in [-0.2, -0.15) is 5.26 Å². The van der Waals surface area contributed by atoms with Crippen LogP contribution in [0.15, 0.2) is 30.0 Å². The van der Waals surface area contributed by atoms with Crippen LogP contribution >= 0.6 is 0 Å². The van der Waals surface area contributed by atoms with Crippen molar-refractivity contribution in [3.8, 4) is 6.07 Å². The van der Waals surface area contributed by atoms with Gasteiger partial charge in [0.05, 0.1) is 17.1 Å². The van der Waals surface area contributed by atoms with Crippen molar-refractivity contribution in [2.24, 2.45) is 5.92 Å². The lowest BCUT2D eigenvalue weighted by Crippen LogP contribution is -2.41. The van der Waals surface area contributed by atoms with Gasteiger partial charge in [-0.15, -0.1) is 0 Å². The summed E-state index contributed by atoms with van der Waals surface area (Å²) in [4.78, 5) is 9.80. The predicted molar refractivity (Wildman–Crippen MR) is 90.7 cm³/mol. The molecule has 2 atom stereocenters. The van der Waals surface area contributed by atoms with E-state index in [1.807, 2.05) is 31.2 Å². The van der Waals surface area contributed by atoms with Gasteiger partial charge in [-0.25, -0.2) is 4.98 Å². The SMILES string of the molecule is C[C@@H]1CCCN([C@@H](C)/C(O)=C(\C#N)c2nc3ccccc3[nH]2)C1. The quantitative estimate of drug-likeness (QED) is 0.672. The number of fused-ring (bicyclic) bond motifs is 1. The first-order valence-corrected chi connectivity index (χ1v) is 8.12. The standard InChI is InChI=1S/C18H22N4O/c1-12-6-5-9-22(11-12)13(2)17(23)14(10-19)18-20-15-7-3-4-8-16(15)21-18/h3-4,7-8,12-13,23H,5-6,9,11H2,1-2H3,(H,20,21)/b17-14-/t12-,13+/m1/s1. The van der Waals surface area contributed by atoms with Gasteiger partial charge < -0.3 is 10.1 Å². The van der Waals surface area contributed by atoms with Gasteiger partial charge in [-0.1, -0.05) is 19.1 Å². The molecular formula is C18H22N4O. The molecule has 2 heterocycles. The van der Waals surface area contributed by atoms with Crippen LogP contribution in [0.1, 0.15) is 32.5 Å². The third-order valence-corrected chi connectivity index (χ3v) is 4.63. The Morgan fingerprint density at radius 3 is 2.96 bits per heavy atom. The van der Waals surface area contributed by atoms with Crippen molar-refractivity contribution in [1.82, 2.24) is 14.9 Å². The highest BCUT2D eigenvalue weighted by Gasteiger charge is 2.26. The van der Waals surface area contributed by atoms with E-state index in [2.05, 4.69) is 27.9 Å². The van der Waals surface area contributed by atoms with Crippen LogP contribution in [0.25, 0.3) is 16.6 Å². The summed E-state index contributed by atoms with van der Waals surface area (Å²) in [5.41, 5.74) is 1.89. The molecule has 1 fully saturated rings. The Labute approximate surface area is 136 Å². The summed E-state index contributed by atoms with van der Waals surface area (Å²) >= 11 is 0. The van der Waals surface area contributed by atoms with Gasteiger partial charge in [-0.05, 0) is 44.4 Å². The van der Waals surface area contributed by atoms with Crippen LogP contribution in [-0.4, -0.2) is 39.1 Å². The van der Waals surface area contributed by atoms with E-state index in [1.165, 1.54) is 6.42 Å². The first-order valence-electron chi connectivity index (χ1n) is 8.12.